The van der Waals surface area contributed by atoms with Crippen LogP contribution in [-0.2, 0) is 13.8 Å². The third-order valence-corrected chi connectivity index (χ3v) is 3.88. The molecule has 0 aromatic rings. The molecule has 0 amide bonds. The largest absolute Gasteiger partial charge is 0.481 e. The Kier molecular flexibility index (Phi) is 3.78. The van der Waals surface area contributed by atoms with E-state index < -0.39 is 15.0 Å². The Balaban J connectivity index is 2.40. The van der Waals surface area contributed by atoms with Crippen molar-refractivity contribution >= 4 is 25.7 Å². The van der Waals surface area contributed by atoms with Gasteiger partial charge in [0.2, 0.25) is 9.05 Å². The zero-order valence-electron chi connectivity index (χ0n) is 7.65. The van der Waals surface area contributed by atoms with Gasteiger partial charge >= 0.3 is 5.97 Å². The summed E-state index contributed by atoms with van der Waals surface area (Å²) >= 11 is 0. The number of halogens is 1. The molecule has 1 fully saturated rings. The van der Waals surface area contributed by atoms with Gasteiger partial charge in [0.25, 0.3) is 0 Å². The molecule has 0 radical (unpaired) electrons. The maximum absolute atomic E-state index is 10.8. The molecule has 0 bridgehead atoms. The molecule has 0 heterocycles. The molecule has 0 unspecified atom stereocenters. The Labute approximate surface area is 87.7 Å². The summed E-state index contributed by atoms with van der Waals surface area (Å²) in [4.78, 5) is 10.6. The fraction of sp³-hybridized carbons (Fsp3) is 0.875. The molecule has 0 spiro atoms. The molecule has 0 aromatic carbocycles. The van der Waals surface area contributed by atoms with Crippen LogP contribution in [0, 0.1) is 11.8 Å². The third-order valence-electron chi connectivity index (χ3n) is 2.63. The lowest BCUT2D eigenvalue weighted by Gasteiger charge is -2.24. The maximum Gasteiger partial charge on any atom is 0.306 e. The van der Waals surface area contributed by atoms with Crippen molar-refractivity contribution in [2.24, 2.45) is 11.8 Å². The zero-order valence-corrected chi connectivity index (χ0v) is 9.22. The Morgan fingerprint density at radius 1 is 1.29 bits per heavy atom. The van der Waals surface area contributed by atoms with Crippen LogP contribution in [0.4, 0.5) is 0 Å². The van der Waals surface area contributed by atoms with E-state index in [0.29, 0.717) is 25.7 Å². The van der Waals surface area contributed by atoms with Crippen LogP contribution in [0.1, 0.15) is 25.7 Å². The first-order chi connectivity index (χ1) is 6.38. The van der Waals surface area contributed by atoms with Crippen LogP contribution in [-0.4, -0.2) is 25.2 Å². The molecule has 1 N–H and O–H groups in total. The monoisotopic (exact) mass is 240 g/mol. The van der Waals surface area contributed by atoms with Gasteiger partial charge in [-0.15, -0.1) is 0 Å². The lowest BCUT2D eigenvalue weighted by Crippen LogP contribution is -2.24. The number of aliphatic carboxylic acids is 1. The molecule has 1 aliphatic carbocycles. The van der Waals surface area contributed by atoms with Crippen molar-refractivity contribution in [3.8, 4) is 0 Å². The van der Waals surface area contributed by atoms with E-state index in [4.69, 9.17) is 15.8 Å². The number of carboxylic acid groups (broad SMARTS) is 1. The van der Waals surface area contributed by atoms with Gasteiger partial charge in [-0.1, -0.05) is 0 Å². The van der Waals surface area contributed by atoms with Gasteiger partial charge < -0.3 is 5.11 Å². The molecule has 6 heteroatoms. The standard InChI is InChI=1S/C8H13ClO4S/c9-14(12,13)5-6-1-3-7(4-2-6)8(10)11/h6-7H,1-5H2,(H,10,11)/t6-,7-. The summed E-state index contributed by atoms with van der Waals surface area (Å²) in [5, 5.41) is 8.71. The molecule has 82 valence electrons. The lowest BCUT2D eigenvalue weighted by molar-refractivity contribution is -0.143. The summed E-state index contributed by atoms with van der Waals surface area (Å²) < 4.78 is 21.5. The van der Waals surface area contributed by atoms with Crippen molar-refractivity contribution in [2.75, 3.05) is 5.75 Å². The maximum atomic E-state index is 10.8. The van der Waals surface area contributed by atoms with Gasteiger partial charge in [-0.3, -0.25) is 4.79 Å². The molecule has 0 aliphatic heterocycles. The molecule has 4 nitrogen and oxygen atoms in total. The first kappa shape index (κ1) is 11.8. The van der Waals surface area contributed by atoms with Crippen LogP contribution in [0.3, 0.4) is 0 Å². The molecule has 0 saturated heterocycles. The summed E-state index contributed by atoms with van der Waals surface area (Å²) in [5.74, 6) is -1.07. The number of hydrogen-bond donors (Lipinski definition) is 1. The van der Waals surface area contributed by atoms with E-state index in [1.807, 2.05) is 0 Å². The Morgan fingerprint density at radius 3 is 2.14 bits per heavy atom. The van der Waals surface area contributed by atoms with Gasteiger partial charge in [0.05, 0.1) is 11.7 Å². The van der Waals surface area contributed by atoms with Gasteiger partial charge in [-0.05, 0) is 31.6 Å². The highest BCUT2D eigenvalue weighted by Gasteiger charge is 2.28. The first-order valence-corrected chi connectivity index (χ1v) is 7.01. The summed E-state index contributed by atoms with van der Waals surface area (Å²) in [7, 11) is 1.68. The normalized spacial score (nSPS) is 28.6. The average molecular weight is 241 g/mol. The molecular weight excluding hydrogens is 228 g/mol. The molecule has 0 atom stereocenters. The van der Waals surface area contributed by atoms with Crippen LogP contribution in [0.25, 0.3) is 0 Å². The van der Waals surface area contributed by atoms with E-state index in [1.54, 1.807) is 0 Å². The van der Waals surface area contributed by atoms with Crippen LogP contribution >= 0.6 is 10.7 Å². The van der Waals surface area contributed by atoms with E-state index >= 15 is 0 Å². The van der Waals surface area contributed by atoms with E-state index in [1.165, 1.54) is 0 Å². The van der Waals surface area contributed by atoms with Crippen LogP contribution in [0.5, 0.6) is 0 Å². The Bertz CT molecular complexity index is 303. The van der Waals surface area contributed by atoms with Crippen molar-refractivity contribution in [2.45, 2.75) is 25.7 Å². The second-order valence-electron chi connectivity index (χ2n) is 3.76. The minimum atomic E-state index is -3.44. The van der Waals surface area contributed by atoms with Crippen LogP contribution < -0.4 is 0 Å². The van der Waals surface area contributed by atoms with Gasteiger partial charge in [0.15, 0.2) is 0 Å². The highest BCUT2D eigenvalue weighted by molar-refractivity contribution is 8.13. The molecule has 14 heavy (non-hydrogen) atoms. The molecular formula is C8H13ClO4S. The number of carboxylic acids is 1. The number of hydrogen-bond acceptors (Lipinski definition) is 3. The molecule has 0 aromatic heterocycles. The predicted molar refractivity (Wildman–Crippen MR) is 52.7 cm³/mol. The van der Waals surface area contributed by atoms with Gasteiger partial charge in [0, 0.05) is 10.7 Å². The fourth-order valence-corrected chi connectivity index (χ4v) is 3.29. The Morgan fingerprint density at radius 2 is 1.79 bits per heavy atom. The lowest BCUT2D eigenvalue weighted by atomic mass is 9.83. The van der Waals surface area contributed by atoms with Crippen LogP contribution in [0.2, 0.25) is 0 Å². The smallest absolute Gasteiger partial charge is 0.306 e. The van der Waals surface area contributed by atoms with E-state index in [-0.39, 0.29) is 17.6 Å². The SMILES string of the molecule is O=C(O)[C@H]1CC[C@H](CS(=O)(=O)Cl)CC1. The summed E-state index contributed by atoms with van der Waals surface area (Å²) in [6, 6.07) is 0. The number of carbonyl (C=O) groups is 1. The van der Waals surface area contributed by atoms with E-state index in [0.717, 1.165) is 0 Å². The van der Waals surface area contributed by atoms with Crippen molar-refractivity contribution < 1.29 is 18.3 Å². The topological polar surface area (TPSA) is 71.4 Å². The zero-order chi connectivity index (χ0) is 10.8. The second-order valence-corrected chi connectivity index (χ2v) is 6.58. The number of rotatable bonds is 3. The van der Waals surface area contributed by atoms with Gasteiger partial charge in [0.1, 0.15) is 0 Å². The average Bonchev–Trinajstić information content (AvgIpc) is 2.02. The van der Waals surface area contributed by atoms with Crippen molar-refractivity contribution in [1.29, 1.82) is 0 Å². The Hall–Kier alpha value is -0.290. The van der Waals surface area contributed by atoms with Crippen molar-refractivity contribution in [1.82, 2.24) is 0 Å². The van der Waals surface area contributed by atoms with Gasteiger partial charge in [-0.25, -0.2) is 8.42 Å². The molecule has 1 rings (SSSR count). The molecule has 1 saturated carbocycles. The highest BCUT2D eigenvalue weighted by Crippen LogP contribution is 2.30. The van der Waals surface area contributed by atoms with E-state index in [9.17, 15) is 13.2 Å². The predicted octanol–water partition coefficient (Wildman–Crippen LogP) is 1.45. The van der Waals surface area contributed by atoms with Gasteiger partial charge in [-0.2, -0.15) is 0 Å². The van der Waals surface area contributed by atoms with Crippen molar-refractivity contribution in [3.63, 3.8) is 0 Å². The second kappa shape index (κ2) is 4.49. The fourth-order valence-electron chi connectivity index (χ4n) is 1.86. The van der Waals surface area contributed by atoms with E-state index in [2.05, 4.69) is 0 Å². The quantitative estimate of drug-likeness (QED) is 0.758. The van der Waals surface area contributed by atoms with Crippen LogP contribution in [0.15, 0.2) is 0 Å². The van der Waals surface area contributed by atoms with Crippen molar-refractivity contribution in [3.05, 3.63) is 0 Å². The third kappa shape index (κ3) is 3.84. The summed E-state index contributed by atoms with van der Waals surface area (Å²) in [6.45, 7) is 0. The molecule has 1 aliphatic rings. The minimum Gasteiger partial charge on any atom is -0.481 e. The highest BCUT2D eigenvalue weighted by atomic mass is 35.7. The summed E-state index contributed by atoms with van der Waals surface area (Å²) in [5.41, 5.74) is 0. The minimum absolute atomic E-state index is 0.0269. The first-order valence-electron chi connectivity index (χ1n) is 4.53. The summed E-state index contributed by atoms with van der Waals surface area (Å²) in [6.07, 6.45) is 2.41.